The van der Waals surface area contributed by atoms with Gasteiger partial charge in [0.05, 0.1) is 0 Å². The summed E-state index contributed by atoms with van der Waals surface area (Å²) in [5.41, 5.74) is 5.82. The van der Waals surface area contributed by atoms with Crippen LogP contribution in [0.3, 0.4) is 0 Å². The molecule has 1 aromatic carbocycles. The molecule has 1 fully saturated rings. The van der Waals surface area contributed by atoms with Crippen LogP contribution in [0.5, 0.6) is 0 Å². The molecule has 102 valence electrons. The Morgan fingerprint density at radius 2 is 2.26 bits per heavy atom. The quantitative estimate of drug-likeness (QED) is 0.342. The van der Waals surface area contributed by atoms with Crippen LogP contribution in [0.2, 0.25) is 0 Å². The number of amides is 1. The number of nitrogens with two attached hydrogens (primary N) is 1. The summed E-state index contributed by atoms with van der Waals surface area (Å²) < 4.78 is 0.967. The third-order valence-corrected chi connectivity index (χ3v) is 4.08. The number of nitrogens with one attached hydrogen (secondary N) is 1. The van der Waals surface area contributed by atoms with Gasteiger partial charge in [-0.05, 0) is 30.5 Å². The Hall–Kier alpha value is -1.56. The lowest BCUT2D eigenvalue weighted by Crippen LogP contribution is -2.53. The highest BCUT2D eigenvalue weighted by atomic mass is 79.9. The molecule has 0 radical (unpaired) electrons. The minimum Gasteiger partial charge on any atom is -0.409 e. The van der Waals surface area contributed by atoms with E-state index in [9.17, 15) is 4.79 Å². The average Bonchev–Trinajstić information content (AvgIpc) is 2.35. The van der Waals surface area contributed by atoms with Crippen molar-refractivity contribution in [3.8, 4) is 0 Å². The summed E-state index contributed by atoms with van der Waals surface area (Å²) in [5, 5.41) is 14.6. The fraction of sp³-hybridized carbons (Fsp3) is 0.385. The molecule has 4 N–H and O–H groups in total. The predicted molar refractivity (Wildman–Crippen MR) is 75.7 cm³/mol. The van der Waals surface area contributed by atoms with E-state index in [2.05, 4.69) is 26.4 Å². The molecule has 0 heterocycles. The molecule has 0 saturated heterocycles. The highest BCUT2D eigenvalue weighted by Crippen LogP contribution is 2.41. The zero-order chi connectivity index (χ0) is 13.9. The van der Waals surface area contributed by atoms with E-state index in [0.29, 0.717) is 19.4 Å². The molecule has 1 saturated carbocycles. The largest absolute Gasteiger partial charge is 0.409 e. The molecule has 0 spiro atoms. The standard InChI is InChI=1S/C13H16BrN3O2/c14-10-4-1-3-9(7-10)8-16-12(18)13(5-2-6-13)11(15)17-19/h1,3-4,7,19H,2,5-6,8H2,(H2,15,17)(H,16,18). The number of rotatable bonds is 4. The first-order chi connectivity index (χ1) is 9.08. The predicted octanol–water partition coefficient (Wildman–Crippen LogP) is 1.98. The van der Waals surface area contributed by atoms with Crippen molar-refractivity contribution in [3.05, 3.63) is 34.3 Å². The summed E-state index contributed by atoms with van der Waals surface area (Å²) in [6, 6.07) is 7.71. The molecule has 6 heteroatoms. The molecule has 5 nitrogen and oxygen atoms in total. The van der Waals surface area contributed by atoms with E-state index < -0.39 is 5.41 Å². The van der Waals surface area contributed by atoms with Gasteiger partial charge in [0, 0.05) is 11.0 Å². The monoisotopic (exact) mass is 325 g/mol. The number of halogens is 1. The number of hydrogen-bond donors (Lipinski definition) is 3. The van der Waals surface area contributed by atoms with Gasteiger partial charge in [0.2, 0.25) is 5.91 Å². The van der Waals surface area contributed by atoms with Crippen LogP contribution in [0.4, 0.5) is 0 Å². The highest BCUT2D eigenvalue weighted by Gasteiger charge is 2.48. The minimum atomic E-state index is -0.819. The van der Waals surface area contributed by atoms with Gasteiger partial charge in [0.25, 0.3) is 0 Å². The fourth-order valence-electron chi connectivity index (χ4n) is 2.22. The molecule has 1 aliphatic carbocycles. The summed E-state index contributed by atoms with van der Waals surface area (Å²) >= 11 is 3.38. The van der Waals surface area contributed by atoms with Gasteiger partial charge in [0.15, 0.2) is 5.84 Å². The number of nitrogens with zero attached hydrogens (tertiary/aromatic N) is 1. The van der Waals surface area contributed by atoms with Crippen molar-refractivity contribution in [3.63, 3.8) is 0 Å². The lowest BCUT2D eigenvalue weighted by atomic mass is 9.67. The molecule has 0 aromatic heterocycles. The topological polar surface area (TPSA) is 87.7 Å². The maximum Gasteiger partial charge on any atom is 0.234 e. The molecule has 1 aromatic rings. The Balaban J connectivity index is 2.01. The molecular weight excluding hydrogens is 310 g/mol. The van der Waals surface area contributed by atoms with Crippen molar-refractivity contribution in [1.29, 1.82) is 0 Å². The molecule has 2 rings (SSSR count). The zero-order valence-electron chi connectivity index (χ0n) is 10.4. The molecule has 0 unspecified atom stereocenters. The number of hydrogen-bond acceptors (Lipinski definition) is 3. The highest BCUT2D eigenvalue weighted by molar-refractivity contribution is 9.10. The van der Waals surface area contributed by atoms with E-state index in [1.165, 1.54) is 0 Å². The summed E-state index contributed by atoms with van der Waals surface area (Å²) in [7, 11) is 0. The second-order valence-corrected chi connectivity index (χ2v) is 5.65. The van der Waals surface area contributed by atoms with Crippen LogP contribution in [0, 0.1) is 5.41 Å². The van der Waals surface area contributed by atoms with Crippen molar-refractivity contribution in [2.45, 2.75) is 25.8 Å². The van der Waals surface area contributed by atoms with Crippen LogP contribution in [-0.2, 0) is 11.3 Å². The van der Waals surface area contributed by atoms with Crippen molar-refractivity contribution in [2.24, 2.45) is 16.3 Å². The van der Waals surface area contributed by atoms with Gasteiger partial charge in [-0.15, -0.1) is 0 Å². The first kappa shape index (κ1) is 13.9. The Bertz CT molecular complexity index is 512. The molecule has 0 aliphatic heterocycles. The summed E-state index contributed by atoms with van der Waals surface area (Å²) in [5.74, 6) is -0.167. The Labute approximate surface area is 120 Å². The van der Waals surface area contributed by atoms with Gasteiger partial charge < -0.3 is 16.3 Å². The van der Waals surface area contributed by atoms with Gasteiger partial charge in [-0.2, -0.15) is 0 Å². The second kappa shape index (κ2) is 5.61. The summed E-state index contributed by atoms with van der Waals surface area (Å²) in [4.78, 5) is 12.2. The van der Waals surface area contributed by atoms with Gasteiger partial charge in [-0.25, -0.2) is 0 Å². The molecule has 1 amide bonds. The lowest BCUT2D eigenvalue weighted by molar-refractivity contribution is -0.131. The maximum atomic E-state index is 12.2. The maximum absolute atomic E-state index is 12.2. The molecule has 0 bridgehead atoms. The van der Waals surface area contributed by atoms with Crippen molar-refractivity contribution in [1.82, 2.24) is 5.32 Å². The Morgan fingerprint density at radius 1 is 1.53 bits per heavy atom. The molecule has 0 atom stereocenters. The Morgan fingerprint density at radius 3 is 2.79 bits per heavy atom. The number of carbonyl (C=O) groups is 1. The Kier molecular flexibility index (Phi) is 4.09. The van der Waals surface area contributed by atoms with Gasteiger partial charge in [-0.3, -0.25) is 4.79 Å². The van der Waals surface area contributed by atoms with Crippen LogP contribution in [-0.4, -0.2) is 17.0 Å². The van der Waals surface area contributed by atoms with Crippen LogP contribution >= 0.6 is 15.9 Å². The summed E-state index contributed by atoms with van der Waals surface area (Å²) in [6.07, 6.45) is 2.18. The van der Waals surface area contributed by atoms with Crippen LogP contribution < -0.4 is 11.1 Å². The number of benzene rings is 1. The van der Waals surface area contributed by atoms with Crippen LogP contribution in [0.1, 0.15) is 24.8 Å². The van der Waals surface area contributed by atoms with Gasteiger partial charge >= 0.3 is 0 Å². The van der Waals surface area contributed by atoms with E-state index >= 15 is 0 Å². The SMILES string of the molecule is N/C(=N/O)C1(C(=O)NCc2cccc(Br)c2)CCC1. The number of oxime groups is 1. The van der Waals surface area contributed by atoms with Gasteiger partial charge in [0.1, 0.15) is 5.41 Å². The first-order valence-electron chi connectivity index (χ1n) is 6.09. The smallest absolute Gasteiger partial charge is 0.234 e. The third kappa shape index (κ3) is 2.73. The van der Waals surface area contributed by atoms with E-state index in [0.717, 1.165) is 16.5 Å². The number of amidine groups is 1. The molecule has 1 aliphatic rings. The average molecular weight is 326 g/mol. The van der Waals surface area contributed by atoms with Crippen molar-refractivity contribution >= 4 is 27.7 Å². The van der Waals surface area contributed by atoms with Crippen LogP contribution in [0.25, 0.3) is 0 Å². The second-order valence-electron chi connectivity index (χ2n) is 4.73. The molecule has 19 heavy (non-hydrogen) atoms. The van der Waals surface area contributed by atoms with E-state index in [1.54, 1.807) is 0 Å². The normalized spacial score (nSPS) is 17.6. The minimum absolute atomic E-state index is 0.00509. The molecular formula is C13H16BrN3O2. The zero-order valence-corrected chi connectivity index (χ0v) is 12.0. The van der Waals surface area contributed by atoms with E-state index in [-0.39, 0.29) is 11.7 Å². The third-order valence-electron chi connectivity index (χ3n) is 3.58. The van der Waals surface area contributed by atoms with Crippen LogP contribution in [0.15, 0.2) is 33.9 Å². The van der Waals surface area contributed by atoms with E-state index in [1.807, 2.05) is 24.3 Å². The van der Waals surface area contributed by atoms with Crippen molar-refractivity contribution < 1.29 is 10.0 Å². The van der Waals surface area contributed by atoms with Crippen molar-refractivity contribution in [2.75, 3.05) is 0 Å². The number of carbonyl (C=O) groups excluding carboxylic acids is 1. The summed E-state index contributed by atoms with van der Waals surface area (Å²) in [6.45, 7) is 0.429. The van der Waals surface area contributed by atoms with E-state index in [4.69, 9.17) is 10.9 Å². The van der Waals surface area contributed by atoms with Gasteiger partial charge in [-0.1, -0.05) is 39.6 Å². The lowest BCUT2D eigenvalue weighted by Gasteiger charge is -2.38. The first-order valence-corrected chi connectivity index (χ1v) is 6.88. The fourth-order valence-corrected chi connectivity index (χ4v) is 2.67.